The van der Waals surface area contributed by atoms with Crippen LogP contribution in [0.4, 0.5) is 0 Å². The summed E-state index contributed by atoms with van der Waals surface area (Å²) in [6, 6.07) is 20.1. The molecule has 0 aliphatic carbocycles. The van der Waals surface area contributed by atoms with Gasteiger partial charge in [-0.15, -0.1) is 0 Å². The lowest BCUT2D eigenvalue weighted by molar-refractivity contribution is 0.0627. The van der Waals surface area contributed by atoms with Crippen molar-refractivity contribution < 1.29 is 33.6 Å². The van der Waals surface area contributed by atoms with E-state index in [0.29, 0.717) is 52.2 Å². The number of carbonyl (C=O) groups is 1. The van der Waals surface area contributed by atoms with E-state index in [2.05, 4.69) is 54.2 Å². The minimum Gasteiger partial charge on any atom is -0.493 e. The average Bonchev–Trinajstić information content (AvgIpc) is 3.13. The van der Waals surface area contributed by atoms with E-state index in [1.165, 1.54) is 16.0 Å². The number of benzene rings is 4. The monoisotopic (exact) mass is 679 g/mol. The van der Waals surface area contributed by atoms with Gasteiger partial charge in [-0.2, -0.15) is 0 Å². The molecule has 0 spiro atoms. The fourth-order valence-corrected chi connectivity index (χ4v) is 7.57. The van der Waals surface area contributed by atoms with Crippen LogP contribution in [0.3, 0.4) is 0 Å². The Morgan fingerprint density at radius 2 is 1.46 bits per heavy atom. The van der Waals surface area contributed by atoms with E-state index in [9.17, 15) is 9.90 Å². The lowest BCUT2D eigenvalue weighted by Gasteiger charge is -2.37. The SMILES string of the molecule is COc1cc2c3cc1Oc1c(OC)c(OC)cc4c1[C@@H](Cc1ccc(C(=O)N(C)CO)c(c1)Oc1ccc(cc1)C[C@@H]3N(C)CC2)N(C)CC4. The second-order valence-electron chi connectivity index (χ2n) is 13.4. The van der Waals surface area contributed by atoms with Crippen LogP contribution in [0.1, 0.15) is 55.8 Å². The van der Waals surface area contributed by atoms with E-state index < -0.39 is 6.73 Å². The van der Waals surface area contributed by atoms with Crippen molar-refractivity contribution in [1.82, 2.24) is 14.7 Å². The van der Waals surface area contributed by atoms with Crippen molar-refractivity contribution in [1.29, 1.82) is 0 Å². The molecule has 0 fully saturated rings. The highest BCUT2D eigenvalue weighted by Crippen LogP contribution is 2.52. The van der Waals surface area contributed by atoms with Gasteiger partial charge in [-0.1, -0.05) is 18.2 Å². The molecule has 2 atom stereocenters. The number of fused-ring (bicyclic) bond motifs is 2. The Labute approximate surface area is 293 Å². The molecule has 4 heterocycles. The molecular formula is C40H45N3O7. The number of hydrogen-bond acceptors (Lipinski definition) is 9. The summed E-state index contributed by atoms with van der Waals surface area (Å²) in [7, 11) is 10.8. The first-order valence-corrected chi connectivity index (χ1v) is 17.1. The molecule has 10 nitrogen and oxygen atoms in total. The normalized spacial score (nSPS) is 18.5. The van der Waals surface area contributed by atoms with Crippen LogP contribution in [0.5, 0.6) is 40.2 Å². The van der Waals surface area contributed by atoms with Gasteiger partial charge in [0.15, 0.2) is 23.0 Å². The summed E-state index contributed by atoms with van der Waals surface area (Å²) in [4.78, 5) is 19.4. The topological polar surface area (TPSA) is 93.2 Å². The Morgan fingerprint density at radius 3 is 2.16 bits per heavy atom. The Kier molecular flexibility index (Phi) is 9.34. The second kappa shape index (κ2) is 13.9. The van der Waals surface area contributed by atoms with Crippen LogP contribution in [-0.2, 0) is 25.7 Å². The van der Waals surface area contributed by atoms with Gasteiger partial charge in [-0.25, -0.2) is 0 Å². The Balaban J connectivity index is 1.46. The predicted octanol–water partition coefficient (Wildman–Crippen LogP) is 6.18. The summed E-state index contributed by atoms with van der Waals surface area (Å²) in [5.41, 5.74) is 7.09. The van der Waals surface area contributed by atoms with Crippen LogP contribution in [-0.4, -0.2) is 88.0 Å². The molecule has 262 valence electrons. The molecule has 4 aliphatic heterocycles. The molecule has 1 amide bonds. The maximum absolute atomic E-state index is 13.4. The number of likely N-dealkylation sites (N-methyl/N-ethyl adjacent to an activating group) is 2. The zero-order valence-corrected chi connectivity index (χ0v) is 29.6. The summed E-state index contributed by atoms with van der Waals surface area (Å²) in [6.07, 6.45) is 3.09. The third-order valence-electron chi connectivity index (χ3n) is 10.5. The number of hydrogen-bond donors (Lipinski definition) is 1. The van der Waals surface area contributed by atoms with Crippen LogP contribution in [0.15, 0.2) is 60.7 Å². The maximum Gasteiger partial charge on any atom is 0.259 e. The molecule has 4 aromatic carbocycles. The summed E-state index contributed by atoms with van der Waals surface area (Å²) < 4.78 is 31.4. The van der Waals surface area contributed by atoms with Crippen LogP contribution in [0.2, 0.25) is 0 Å². The molecule has 0 saturated carbocycles. The van der Waals surface area contributed by atoms with Crippen LogP contribution in [0, 0.1) is 0 Å². The van der Waals surface area contributed by atoms with Crippen molar-refractivity contribution in [2.75, 3.05) is 62.3 Å². The molecule has 10 heteroatoms. The first kappa shape index (κ1) is 33.7. The number of ether oxygens (including phenoxy) is 5. The van der Waals surface area contributed by atoms with Crippen LogP contribution >= 0.6 is 0 Å². The molecule has 4 aliphatic rings. The molecule has 0 unspecified atom stereocenters. The van der Waals surface area contributed by atoms with Crippen molar-refractivity contribution in [2.45, 2.75) is 37.8 Å². The van der Waals surface area contributed by atoms with E-state index in [4.69, 9.17) is 23.7 Å². The maximum atomic E-state index is 13.4. The smallest absolute Gasteiger partial charge is 0.259 e. The largest absolute Gasteiger partial charge is 0.493 e. The van der Waals surface area contributed by atoms with Gasteiger partial charge in [-0.05, 0) is 110 Å². The minimum atomic E-state index is -0.406. The van der Waals surface area contributed by atoms with Gasteiger partial charge in [0.05, 0.1) is 26.9 Å². The van der Waals surface area contributed by atoms with Crippen molar-refractivity contribution in [2.24, 2.45) is 0 Å². The first-order chi connectivity index (χ1) is 24.2. The molecular weight excluding hydrogens is 634 g/mol. The van der Waals surface area contributed by atoms with E-state index >= 15 is 0 Å². The summed E-state index contributed by atoms with van der Waals surface area (Å²) in [5.74, 6) is 3.75. The molecule has 4 aromatic rings. The van der Waals surface area contributed by atoms with E-state index in [-0.39, 0.29) is 18.0 Å². The average molecular weight is 680 g/mol. The van der Waals surface area contributed by atoms with Crippen molar-refractivity contribution in [3.63, 3.8) is 0 Å². The van der Waals surface area contributed by atoms with E-state index in [1.54, 1.807) is 34.4 Å². The molecule has 0 saturated heterocycles. The first-order valence-electron chi connectivity index (χ1n) is 17.1. The Bertz CT molecular complexity index is 1910. The number of carbonyl (C=O) groups excluding carboxylic acids is 1. The van der Waals surface area contributed by atoms with E-state index in [1.807, 2.05) is 24.3 Å². The fourth-order valence-electron chi connectivity index (χ4n) is 7.57. The lowest BCUT2D eigenvalue weighted by Crippen LogP contribution is -2.34. The number of amides is 1. The highest BCUT2D eigenvalue weighted by Gasteiger charge is 2.35. The quantitative estimate of drug-likeness (QED) is 0.249. The molecule has 1 N–H and O–H groups in total. The Hall–Kier alpha value is -4.77. The fraction of sp³-hybridized carbons (Fsp3) is 0.375. The molecule has 50 heavy (non-hydrogen) atoms. The zero-order valence-electron chi connectivity index (χ0n) is 29.6. The summed E-state index contributed by atoms with van der Waals surface area (Å²) in [5, 5.41) is 9.75. The van der Waals surface area contributed by atoms with Gasteiger partial charge < -0.3 is 33.7 Å². The molecule has 8 rings (SSSR count). The van der Waals surface area contributed by atoms with Crippen LogP contribution < -0.4 is 23.7 Å². The summed E-state index contributed by atoms with van der Waals surface area (Å²) in [6.45, 7) is 1.34. The van der Waals surface area contributed by atoms with Gasteiger partial charge in [0, 0.05) is 37.8 Å². The number of rotatable bonds is 5. The van der Waals surface area contributed by atoms with Gasteiger partial charge in [0.2, 0.25) is 5.75 Å². The summed E-state index contributed by atoms with van der Waals surface area (Å²) >= 11 is 0. The standard InChI is InChI=1S/C40H45N3O7/c1-41-15-13-26-20-34(46-4)35-22-30(26)31(41)17-24-7-10-28(11-8-24)49-33-19-25(9-12-29(33)40(45)43(3)23-44)18-32-37-27(14-16-42(32)2)21-36(47-5)38(48-6)39(37)50-35/h7-12,19-22,31-32,44H,13-18,23H2,1-6H3/t31-,32+/m0/s1. The lowest BCUT2D eigenvalue weighted by atomic mass is 9.87. The van der Waals surface area contributed by atoms with Crippen LogP contribution in [0.25, 0.3) is 0 Å². The zero-order chi connectivity index (χ0) is 35.1. The third kappa shape index (κ3) is 6.12. The number of aliphatic hydroxyl groups excluding tert-OH is 1. The number of nitrogens with zero attached hydrogens (tertiary/aromatic N) is 3. The van der Waals surface area contributed by atoms with Gasteiger partial charge in [0.25, 0.3) is 5.91 Å². The second-order valence-corrected chi connectivity index (χ2v) is 13.4. The predicted molar refractivity (Wildman–Crippen MR) is 190 cm³/mol. The molecule has 0 radical (unpaired) electrons. The highest BCUT2D eigenvalue weighted by molar-refractivity contribution is 5.97. The van der Waals surface area contributed by atoms with Crippen molar-refractivity contribution in [3.05, 3.63) is 99.6 Å². The number of aliphatic hydroxyl groups is 1. The molecule has 0 aromatic heterocycles. The van der Waals surface area contributed by atoms with Gasteiger partial charge >= 0.3 is 0 Å². The van der Waals surface area contributed by atoms with E-state index in [0.717, 1.165) is 54.6 Å². The highest BCUT2D eigenvalue weighted by atomic mass is 16.5. The minimum absolute atomic E-state index is 0.104. The molecule has 6 bridgehead atoms. The van der Waals surface area contributed by atoms with Crippen molar-refractivity contribution in [3.8, 4) is 40.2 Å². The van der Waals surface area contributed by atoms with Gasteiger partial charge in [0.1, 0.15) is 18.2 Å². The third-order valence-corrected chi connectivity index (χ3v) is 10.5. The Morgan fingerprint density at radius 1 is 0.800 bits per heavy atom. The van der Waals surface area contributed by atoms with Gasteiger partial charge in [-0.3, -0.25) is 14.6 Å². The number of methoxy groups -OCH3 is 3. The van der Waals surface area contributed by atoms with Crippen molar-refractivity contribution >= 4 is 5.91 Å².